The van der Waals surface area contributed by atoms with Crippen LogP contribution in [0.15, 0.2) is 42.4 Å². The molecule has 0 bridgehead atoms. The second-order valence-electron chi connectivity index (χ2n) is 4.22. The van der Waals surface area contributed by atoms with E-state index in [2.05, 4.69) is 37.5 Å². The maximum Gasteiger partial charge on any atom is 0.102 e. The molecular weight excluding hydrogens is 172 g/mol. The molecule has 1 aliphatic heterocycles. The quantitative estimate of drug-likeness (QED) is 0.453. The molecule has 2 atom stereocenters. The van der Waals surface area contributed by atoms with Gasteiger partial charge in [-0.1, -0.05) is 18.7 Å². The highest BCUT2D eigenvalue weighted by Crippen LogP contribution is 2.41. The first kappa shape index (κ1) is 9.36. The Morgan fingerprint density at radius 3 is 3.36 bits per heavy atom. The Morgan fingerprint density at radius 1 is 1.71 bits per heavy atom. The molecule has 0 aromatic carbocycles. The van der Waals surface area contributed by atoms with Crippen molar-refractivity contribution in [2.24, 2.45) is 11.3 Å². The fourth-order valence-corrected chi connectivity index (χ4v) is 2.08. The Balaban J connectivity index is 2.33. The SMILES string of the molecule is C=C=CC1C=C2OCCC2(C)C=CC1. The van der Waals surface area contributed by atoms with Gasteiger partial charge in [0.15, 0.2) is 0 Å². The van der Waals surface area contributed by atoms with Crippen LogP contribution >= 0.6 is 0 Å². The Kier molecular flexibility index (Phi) is 2.35. The molecule has 1 fully saturated rings. The summed E-state index contributed by atoms with van der Waals surface area (Å²) in [4.78, 5) is 0. The number of ether oxygens (including phenoxy) is 1. The predicted octanol–water partition coefficient (Wildman–Crippen LogP) is 3.21. The van der Waals surface area contributed by atoms with Crippen molar-refractivity contribution in [3.05, 3.63) is 42.4 Å². The number of hydrogen-bond acceptors (Lipinski definition) is 1. The summed E-state index contributed by atoms with van der Waals surface area (Å²) in [5.74, 6) is 1.53. The molecule has 0 N–H and O–H groups in total. The average molecular weight is 188 g/mol. The van der Waals surface area contributed by atoms with Crippen LogP contribution in [0.3, 0.4) is 0 Å². The van der Waals surface area contributed by atoms with Gasteiger partial charge in [-0.05, 0) is 31.9 Å². The topological polar surface area (TPSA) is 9.23 Å². The van der Waals surface area contributed by atoms with Crippen molar-refractivity contribution in [2.45, 2.75) is 19.8 Å². The van der Waals surface area contributed by atoms with E-state index in [0.29, 0.717) is 5.92 Å². The number of hydrogen-bond donors (Lipinski definition) is 0. The highest BCUT2D eigenvalue weighted by molar-refractivity contribution is 5.24. The zero-order chi connectivity index (χ0) is 10.0. The molecule has 1 nitrogen and oxygen atoms in total. The van der Waals surface area contributed by atoms with E-state index in [1.54, 1.807) is 0 Å². The second kappa shape index (κ2) is 3.51. The van der Waals surface area contributed by atoms with Gasteiger partial charge >= 0.3 is 0 Å². The van der Waals surface area contributed by atoms with Crippen LogP contribution < -0.4 is 0 Å². The van der Waals surface area contributed by atoms with Crippen LogP contribution in [0.5, 0.6) is 0 Å². The molecular formula is C13H16O. The van der Waals surface area contributed by atoms with E-state index in [0.717, 1.165) is 25.2 Å². The normalized spacial score (nSPS) is 34.9. The highest BCUT2D eigenvalue weighted by atomic mass is 16.5. The van der Waals surface area contributed by atoms with E-state index in [-0.39, 0.29) is 5.41 Å². The zero-order valence-corrected chi connectivity index (χ0v) is 8.62. The first-order chi connectivity index (χ1) is 6.74. The molecule has 2 unspecified atom stereocenters. The molecule has 0 aromatic heterocycles. The van der Waals surface area contributed by atoms with E-state index in [1.807, 2.05) is 6.08 Å². The molecule has 2 aliphatic rings. The van der Waals surface area contributed by atoms with Gasteiger partial charge in [0.1, 0.15) is 5.76 Å². The Labute approximate surface area is 85.5 Å². The van der Waals surface area contributed by atoms with Crippen LogP contribution in [0.1, 0.15) is 19.8 Å². The summed E-state index contributed by atoms with van der Waals surface area (Å²) < 4.78 is 5.66. The third kappa shape index (κ3) is 1.56. The van der Waals surface area contributed by atoms with E-state index in [4.69, 9.17) is 4.74 Å². The fourth-order valence-electron chi connectivity index (χ4n) is 2.08. The van der Waals surface area contributed by atoms with Gasteiger partial charge in [-0.3, -0.25) is 0 Å². The Bertz CT molecular complexity index is 331. The van der Waals surface area contributed by atoms with Crippen LogP contribution in [-0.2, 0) is 4.74 Å². The van der Waals surface area contributed by atoms with E-state index < -0.39 is 0 Å². The van der Waals surface area contributed by atoms with Gasteiger partial charge in [0, 0.05) is 11.3 Å². The molecule has 14 heavy (non-hydrogen) atoms. The van der Waals surface area contributed by atoms with Gasteiger partial charge in [-0.25, -0.2) is 0 Å². The number of rotatable bonds is 1. The summed E-state index contributed by atoms with van der Waals surface area (Å²) in [5.41, 5.74) is 2.99. The van der Waals surface area contributed by atoms with Crippen LogP contribution in [0.25, 0.3) is 0 Å². The number of fused-ring (bicyclic) bond motifs is 1. The fraction of sp³-hybridized carbons (Fsp3) is 0.462. The summed E-state index contributed by atoms with van der Waals surface area (Å²) in [5, 5.41) is 0. The van der Waals surface area contributed by atoms with Gasteiger partial charge in [-0.15, -0.1) is 5.73 Å². The molecule has 0 aromatic rings. The van der Waals surface area contributed by atoms with Gasteiger partial charge in [0.05, 0.1) is 6.61 Å². The molecule has 0 radical (unpaired) electrons. The van der Waals surface area contributed by atoms with Crippen LogP contribution in [-0.4, -0.2) is 6.61 Å². The summed E-state index contributed by atoms with van der Waals surface area (Å²) in [6, 6.07) is 0. The van der Waals surface area contributed by atoms with Gasteiger partial charge in [0.2, 0.25) is 0 Å². The van der Waals surface area contributed by atoms with E-state index >= 15 is 0 Å². The Morgan fingerprint density at radius 2 is 2.57 bits per heavy atom. The van der Waals surface area contributed by atoms with Crippen LogP contribution in [0.4, 0.5) is 0 Å². The molecule has 1 heterocycles. The molecule has 1 saturated heterocycles. The third-order valence-electron chi connectivity index (χ3n) is 3.03. The summed E-state index contributed by atoms with van der Waals surface area (Å²) in [6.45, 7) is 6.70. The largest absolute Gasteiger partial charge is 0.497 e. The van der Waals surface area contributed by atoms with Gasteiger partial charge in [-0.2, -0.15) is 0 Å². The molecule has 0 spiro atoms. The van der Waals surface area contributed by atoms with E-state index in [1.165, 1.54) is 0 Å². The van der Waals surface area contributed by atoms with Gasteiger partial charge in [0.25, 0.3) is 0 Å². The third-order valence-corrected chi connectivity index (χ3v) is 3.03. The van der Waals surface area contributed by atoms with Crippen LogP contribution in [0.2, 0.25) is 0 Å². The van der Waals surface area contributed by atoms with Crippen LogP contribution in [0, 0.1) is 11.3 Å². The van der Waals surface area contributed by atoms with Gasteiger partial charge < -0.3 is 4.74 Å². The molecule has 0 saturated carbocycles. The molecule has 2 rings (SSSR count). The zero-order valence-electron chi connectivity index (χ0n) is 8.62. The first-order valence-electron chi connectivity index (χ1n) is 5.13. The first-order valence-corrected chi connectivity index (χ1v) is 5.13. The molecule has 1 heteroatoms. The molecule has 74 valence electrons. The lowest BCUT2D eigenvalue weighted by Gasteiger charge is -2.17. The average Bonchev–Trinajstić information content (AvgIpc) is 2.41. The minimum Gasteiger partial charge on any atom is -0.497 e. The Hall–Kier alpha value is -1.20. The lowest BCUT2D eigenvalue weighted by Crippen LogP contribution is -2.09. The summed E-state index contributed by atoms with van der Waals surface area (Å²) >= 11 is 0. The maximum atomic E-state index is 5.66. The van der Waals surface area contributed by atoms with E-state index in [9.17, 15) is 0 Å². The predicted molar refractivity (Wildman–Crippen MR) is 57.7 cm³/mol. The minimum absolute atomic E-state index is 0.143. The van der Waals surface area contributed by atoms with Crippen molar-refractivity contribution in [2.75, 3.05) is 6.61 Å². The standard InChI is InChI=1S/C13H16O/c1-3-5-11-6-4-7-13(2)8-9-14-12(13)10-11/h4-5,7,10-11H,1,6,8-9H2,2H3. The van der Waals surface area contributed by atoms with Crippen molar-refractivity contribution in [3.63, 3.8) is 0 Å². The smallest absolute Gasteiger partial charge is 0.102 e. The van der Waals surface area contributed by atoms with Crippen molar-refractivity contribution in [1.29, 1.82) is 0 Å². The van der Waals surface area contributed by atoms with Crippen molar-refractivity contribution in [1.82, 2.24) is 0 Å². The number of allylic oxidation sites excluding steroid dienone is 4. The molecule has 1 aliphatic carbocycles. The lowest BCUT2D eigenvalue weighted by molar-refractivity contribution is 0.252. The summed E-state index contributed by atoms with van der Waals surface area (Å²) in [6.07, 6.45) is 10.9. The highest BCUT2D eigenvalue weighted by Gasteiger charge is 2.34. The lowest BCUT2D eigenvalue weighted by atomic mass is 9.87. The monoisotopic (exact) mass is 188 g/mol. The summed E-state index contributed by atoms with van der Waals surface area (Å²) in [7, 11) is 0. The van der Waals surface area contributed by atoms with Crippen molar-refractivity contribution in [3.8, 4) is 0 Å². The minimum atomic E-state index is 0.143. The van der Waals surface area contributed by atoms with Crippen molar-refractivity contribution < 1.29 is 4.74 Å². The maximum absolute atomic E-state index is 5.66. The molecule has 0 amide bonds. The second-order valence-corrected chi connectivity index (χ2v) is 4.22. The van der Waals surface area contributed by atoms with Crippen molar-refractivity contribution >= 4 is 0 Å².